The van der Waals surface area contributed by atoms with E-state index in [1.165, 1.54) is 37.4 Å². The zero-order valence-corrected chi connectivity index (χ0v) is 23.6. The summed E-state index contributed by atoms with van der Waals surface area (Å²) >= 11 is 11.9. The molecular weight excluding hydrogens is 513 g/mol. The summed E-state index contributed by atoms with van der Waals surface area (Å²) in [4.78, 5) is 30.9. The van der Waals surface area contributed by atoms with Gasteiger partial charge in [0.1, 0.15) is 11.6 Å². The van der Waals surface area contributed by atoms with Crippen LogP contribution in [0.15, 0.2) is 66.9 Å². The Hall–Kier alpha value is -3.62. The first-order chi connectivity index (χ1) is 17.4. The van der Waals surface area contributed by atoms with Gasteiger partial charge in [0.05, 0.1) is 36.1 Å². The Morgan fingerprint density at radius 2 is 1.76 bits per heavy atom. The average molecular weight is 549 g/mol. The number of aromatic nitrogens is 1. The molecule has 0 bridgehead atoms. The fourth-order valence-electron chi connectivity index (χ4n) is 2.35. The number of rotatable bonds is 8. The molecule has 1 heterocycles. The fraction of sp³-hybridized carbons (Fsp3) is 0.259. The Balaban J connectivity index is 0.00000124. The first-order valence-electron chi connectivity index (χ1n) is 11.0. The second-order valence-electron chi connectivity index (χ2n) is 7.94. The number of hydrogen-bond donors (Lipinski definition) is 3. The van der Waals surface area contributed by atoms with Gasteiger partial charge >= 0.3 is 0 Å². The standard InChI is InChI=1S/C20H19Cl2N3O3.C4H8.C3H8N2/c1-4-12(5-2)8-18(26)25-19-15(9-14(22)10-16(19)28-3)20(27)24-17-7-6-13(21)11-23-17;1-4(2)3;1-5(2)3-4/h4-7,9-11H,1,8H2,2-3H3,(H,25,26)(H,23,24,27);1H2,2-3H3;3-4H,1-2H3/b12-5+;;. The second-order valence-corrected chi connectivity index (χ2v) is 8.81. The third-order valence-electron chi connectivity index (χ3n) is 4.02. The molecule has 0 atom stereocenters. The van der Waals surface area contributed by atoms with E-state index in [9.17, 15) is 9.59 Å². The number of hydrogen-bond acceptors (Lipinski definition) is 5. The number of halogens is 2. The van der Waals surface area contributed by atoms with Gasteiger partial charge in [0, 0.05) is 31.4 Å². The summed E-state index contributed by atoms with van der Waals surface area (Å²) in [6, 6.07) is 6.11. The summed E-state index contributed by atoms with van der Waals surface area (Å²) in [7, 11) is 5.05. The van der Waals surface area contributed by atoms with Crippen molar-refractivity contribution in [2.75, 3.05) is 31.8 Å². The molecule has 2 rings (SSSR count). The van der Waals surface area contributed by atoms with Crippen LogP contribution in [-0.4, -0.2) is 49.2 Å². The Labute approximate surface area is 229 Å². The van der Waals surface area contributed by atoms with Crippen LogP contribution in [0.25, 0.3) is 0 Å². The van der Waals surface area contributed by atoms with Crippen LogP contribution in [0, 0.1) is 5.41 Å². The maximum absolute atomic E-state index is 12.8. The van der Waals surface area contributed by atoms with Gasteiger partial charge in [0.2, 0.25) is 5.91 Å². The lowest BCUT2D eigenvalue weighted by atomic mass is 10.1. The van der Waals surface area contributed by atoms with Crippen LogP contribution in [0.4, 0.5) is 11.5 Å². The maximum Gasteiger partial charge on any atom is 0.259 e. The first kappa shape index (κ1) is 33.4. The summed E-state index contributed by atoms with van der Waals surface area (Å²) in [6.45, 7) is 13.0. The van der Waals surface area contributed by atoms with Gasteiger partial charge < -0.3 is 20.3 Å². The van der Waals surface area contributed by atoms with E-state index in [2.05, 4.69) is 28.8 Å². The fourth-order valence-corrected chi connectivity index (χ4v) is 2.67. The molecular formula is C27H35Cl2N5O3. The minimum Gasteiger partial charge on any atom is -0.494 e. The van der Waals surface area contributed by atoms with E-state index in [0.29, 0.717) is 10.8 Å². The van der Waals surface area contributed by atoms with Crippen LogP contribution in [-0.2, 0) is 4.79 Å². The summed E-state index contributed by atoms with van der Waals surface area (Å²) < 4.78 is 5.29. The molecule has 0 aliphatic carbocycles. The third kappa shape index (κ3) is 13.9. The van der Waals surface area contributed by atoms with E-state index in [4.69, 9.17) is 33.3 Å². The van der Waals surface area contributed by atoms with E-state index < -0.39 is 5.91 Å². The smallest absolute Gasteiger partial charge is 0.259 e. The van der Waals surface area contributed by atoms with Gasteiger partial charge in [0.15, 0.2) is 0 Å². The van der Waals surface area contributed by atoms with Crippen molar-refractivity contribution in [3.63, 3.8) is 0 Å². The number of nitrogens with zero attached hydrogens (tertiary/aromatic N) is 2. The van der Waals surface area contributed by atoms with Crippen LogP contribution in [0.5, 0.6) is 5.75 Å². The summed E-state index contributed by atoms with van der Waals surface area (Å²) in [5.41, 5.74) is 2.26. The SMILES string of the molecule is C=C(C)C.C=C/C(=C\C)CC(=O)Nc1c(OC)cc(Cl)cc1C(=O)Nc1ccc(Cl)cn1.CN(C)C=N. The molecule has 8 nitrogen and oxygen atoms in total. The van der Waals surface area contributed by atoms with Gasteiger partial charge in [-0.25, -0.2) is 4.98 Å². The van der Waals surface area contributed by atoms with Gasteiger partial charge in [-0.3, -0.25) is 15.0 Å². The highest BCUT2D eigenvalue weighted by Crippen LogP contribution is 2.33. The largest absolute Gasteiger partial charge is 0.494 e. The minimum atomic E-state index is -0.513. The van der Waals surface area contributed by atoms with Crippen LogP contribution in [0.3, 0.4) is 0 Å². The number of ether oxygens (including phenoxy) is 1. The van der Waals surface area contributed by atoms with Crippen LogP contribution >= 0.6 is 23.2 Å². The van der Waals surface area contributed by atoms with E-state index in [0.717, 1.165) is 5.57 Å². The molecule has 200 valence electrons. The molecule has 0 aliphatic heterocycles. The van der Waals surface area contributed by atoms with Gasteiger partial charge in [-0.2, -0.15) is 0 Å². The van der Waals surface area contributed by atoms with Crippen LogP contribution < -0.4 is 15.4 Å². The Morgan fingerprint density at radius 3 is 2.19 bits per heavy atom. The normalized spacial score (nSPS) is 9.89. The van der Waals surface area contributed by atoms with E-state index in [-0.39, 0.29) is 34.4 Å². The highest BCUT2D eigenvalue weighted by molar-refractivity contribution is 6.32. The molecule has 37 heavy (non-hydrogen) atoms. The maximum atomic E-state index is 12.8. The quantitative estimate of drug-likeness (QED) is 0.145. The highest BCUT2D eigenvalue weighted by atomic mass is 35.5. The summed E-state index contributed by atoms with van der Waals surface area (Å²) in [6.07, 6.45) is 6.14. The molecule has 0 saturated carbocycles. The number of methoxy groups -OCH3 is 1. The first-order valence-corrected chi connectivity index (χ1v) is 11.8. The highest BCUT2D eigenvalue weighted by Gasteiger charge is 2.20. The lowest BCUT2D eigenvalue weighted by Gasteiger charge is -2.16. The number of nitrogens with one attached hydrogen (secondary N) is 3. The summed E-state index contributed by atoms with van der Waals surface area (Å²) in [5.74, 6) is -0.280. The van der Waals surface area contributed by atoms with Crippen LogP contribution in [0.2, 0.25) is 10.0 Å². The number of anilines is 2. The number of allylic oxidation sites excluding steroid dienone is 3. The molecule has 0 saturated heterocycles. The Kier molecular flexibility index (Phi) is 16.0. The molecule has 3 N–H and O–H groups in total. The molecule has 0 fully saturated rings. The number of amides is 2. The number of carbonyl (C=O) groups excluding carboxylic acids is 2. The third-order valence-corrected chi connectivity index (χ3v) is 4.46. The number of benzene rings is 1. The van der Waals surface area contributed by atoms with Crippen molar-refractivity contribution in [3.8, 4) is 5.75 Å². The zero-order chi connectivity index (χ0) is 28.5. The number of pyridine rings is 1. The van der Waals surface area contributed by atoms with Crippen molar-refractivity contribution in [1.82, 2.24) is 9.88 Å². The van der Waals surface area contributed by atoms with Crippen molar-refractivity contribution < 1.29 is 14.3 Å². The van der Waals surface area contributed by atoms with Gasteiger partial charge in [0.25, 0.3) is 5.91 Å². The summed E-state index contributed by atoms with van der Waals surface area (Å²) in [5, 5.41) is 12.5. The number of carbonyl (C=O) groups is 2. The predicted octanol–water partition coefficient (Wildman–Crippen LogP) is 6.85. The molecule has 0 radical (unpaired) electrons. The van der Waals surface area contributed by atoms with Crippen molar-refractivity contribution in [3.05, 3.63) is 82.5 Å². The molecule has 0 aliphatic rings. The van der Waals surface area contributed by atoms with Gasteiger partial charge in [-0.05, 0) is 44.5 Å². The molecule has 0 unspecified atom stereocenters. The Morgan fingerprint density at radius 1 is 1.16 bits per heavy atom. The zero-order valence-electron chi connectivity index (χ0n) is 22.1. The van der Waals surface area contributed by atoms with E-state index >= 15 is 0 Å². The topological polar surface area (TPSA) is 107 Å². The molecule has 2 aromatic rings. The molecule has 1 aromatic carbocycles. The molecule has 2 amide bonds. The van der Waals surface area contributed by atoms with Gasteiger partial charge in [-0.15, -0.1) is 6.58 Å². The van der Waals surface area contributed by atoms with E-state index in [1.54, 1.807) is 29.2 Å². The molecule has 0 spiro atoms. The van der Waals surface area contributed by atoms with Crippen molar-refractivity contribution >= 4 is 52.9 Å². The molecule has 10 heteroatoms. The van der Waals surface area contributed by atoms with Crippen LogP contribution in [0.1, 0.15) is 37.6 Å². The van der Waals surface area contributed by atoms with Crippen molar-refractivity contribution in [2.45, 2.75) is 27.2 Å². The Bertz CT molecular complexity index is 1110. The second kappa shape index (κ2) is 17.8. The van der Waals surface area contributed by atoms with Crippen molar-refractivity contribution in [1.29, 1.82) is 5.41 Å². The lowest BCUT2D eigenvalue weighted by molar-refractivity contribution is -0.115. The lowest BCUT2D eigenvalue weighted by Crippen LogP contribution is -2.19. The minimum absolute atomic E-state index is 0.103. The predicted molar refractivity (Wildman–Crippen MR) is 155 cm³/mol. The average Bonchev–Trinajstić information content (AvgIpc) is 2.84. The van der Waals surface area contributed by atoms with Crippen molar-refractivity contribution in [2.24, 2.45) is 0 Å². The molecule has 1 aromatic heterocycles. The monoisotopic (exact) mass is 547 g/mol. The van der Waals surface area contributed by atoms with E-state index in [1.807, 2.05) is 34.9 Å². The van der Waals surface area contributed by atoms with Gasteiger partial charge in [-0.1, -0.05) is 47.5 Å².